The molecule has 98 valence electrons. The molecule has 4 nitrogen and oxygen atoms in total. The monoisotopic (exact) mass is 250 g/mol. The van der Waals surface area contributed by atoms with Crippen LogP contribution in [0.2, 0.25) is 0 Å². The maximum Gasteiger partial charge on any atom is 0.338 e. The van der Waals surface area contributed by atoms with E-state index in [-0.39, 0.29) is 17.7 Å². The predicted octanol–water partition coefficient (Wildman–Crippen LogP) is 2.48. The van der Waals surface area contributed by atoms with E-state index in [1.807, 2.05) is 45.0 Å². The first-order valence-corrected chi connectivity index (χ1v) is 5.93. The van der Waals surface area contributed by atoms with Gasteiger partial charge in [-0.2, -0.15) is 0 Å². The van der Waals surface area contributed by atoms with Gasteiger partial charge in [0.1, 0.15) is 17.5 Å². The number of hydrogen-bond acceptors (Lipinski definition) is 4. The van der Waals surface area contributed by atoms with Crippen LogP contribution < -0.4 is 4.74 Å². The molecule has 0 spiro atoms. The predicted molar refractivity (Wildman–Crippen MR) is 66.5 cm³/mol. The van der Waals surface area contributed by atoms with Crippen LogP contribution in [0.1, 0.15) is 32.4 Å². The standard InChI is InChI=1S/C14H18O4/c1-14(2,3)18-10-7-5-9(6-8-10)11-12(17-11)13(15)16-4/h5-8,11-12H,1-4H3/t11-,12+/m0/s1. The number of rotatable bonds is 3. The summed E-state index contributed by atoms with van der Waals surface area (Å²) in [7, 11) is 1.36. The van der Waals surface area contributed by atoms with Crippen molar-refractivity contribution in [1.29, 1.82) is 0 Å². The van der Waals surface area contributed by atoms with Gasteiger partial charge < -0.3 is 14.2 Å². The quantitative estimate of drug-likeness (QED) is 0.611. The van der Waals surface area contributed by atoms with Crippen molar-refractivity contribution in [2.45, 2.75) is 38.6 Å². The fraction of sp³-hybridized carbons (Fsp3) is 0.500. The third-order valence-corrected chi connectivity index (χ3v) is 2.56. The van der Waals surface area contributed by atoms with Gasteiger partial charge in [-0.25, -0.2) is 4.79 Å². The van der Waals surface area contributed by atoms with Gasteiger partial charge in [0.15, 0.2) is 6.10 Å². The molecule has 18 heavy (non-hydrogen) atoms. The van der Waals surface area contributed by atoms with Crippen molar-refractivity contribution in [2.24, 2.45) is 0 Å². The Hall–Kier alpha value is -1.55. The van der Waals surface area contributed by atoms with Crippen LogP contribution in [0.5, 0.6) is 5.75 Å². The molecular formula is C14H18O4. The Balaban J connectivity index is 1.99. The molecule has 0 bridgehead atoms. The van der Waals surface area contributed by atoms with Gasteiger partial charge in [-0.1, -0.05) is 12.1 Å². The highest BCUT2D eigenvalue weighted by molar-refractivity contribution is 5.78. The summed E-state index contributed by atoms with van der Waals surface area (Å²) in [6.45, 7) is 5.99. The smallest absolute Gasteiger partial charge is 0.338 e. The maximum absolute atomic E-state index is 11.2. The minimum Gasteiger partial charge on any atom is -0.488 e. The minimum absolute atomic E-state index is 0.180. The third kappa shape index (κ3) is 3.01. The molecule has 1 heterocycles. The second-order valence-electron chi connectivity index (χ2n) is 5.28. The molecule has 1 fully saturated rings. The number of carbonyl (C=O) groups excluding carboxylic acids is 1. The van der Waals surface area contributed by atoms with Crippen molar-refractivity contribution < 1.29 is 19.0 Å². The van der Waals surface area contributed by atoms with Crippen molar-refractivity contribution in [3.05, 3.63) is 29.8 Å². The highest BCUT2D eigenvalue weighted by Gasteiger charge is 2.47. The number of methoxy groups -OCH3 is 1. The normalized spacial score (nSPS) is 22.4. The molecule has 1 aromatic rings. The fourth-order valence-corrected chi connectivity index (χ4v) is 1.74. The summed E-state index contributed by atoms with van der Waals surface area (Å²) in [4.78, 5) is 11.2. The lowest BCUT2D eigenvalue weighted by Gasteiger charge is -2.21. The summed E-state index contributed by atoms with van der Waals surface area (Å²) in [6.07, 6.45) is -0.634. The van der Waals surface area contributed by atoms with Crippen LogP contribution in [0.4, 0.5) is 0 Å². The summed E-state index contributed by atoms with van der Waals surface area (Å²) >= 11 is 0. The van der Waals surface area contributed by atoms with E-state index >= 15 is 0 Å². The Morgan fingerprint density at radius 1 is 1.22 bits per heavy atom. The topological polar surface area (TPSA) is 48.1 Å². The van der Waals surface area contributed by atoms with E-state index in [0.29, 0.717) is 0 Å². The van der Waals surface area contributed by atoms with E-state index in [1.54, 1.807) is 0 Å². The van der Waals surface area contributed by atoms with Gasteiger partial charge in [-0.15, -0.1) is 0 Å². The number of hydrogen-bond donors (Lipinski definition) is 0. The van der Waals surface area contributed by atoms with Crippen molar-refractivity contribution >= 4 is 5.97 Å². The first-order chi connectivity index (χ1) is 8.40. The highest BCUT2D eigenvalue weighted by atomic mass is 16.6. The molecule has 2 atom stereocenters. The van der Waals surface area contributed by atoms with Crippen molar-refractivity contribution in [1.82, 2.24) is 0 Å². The van der Waals surface area contributed by atoms with E-state index in [4.69, 9.17) is 9.47 Å². The molecule has 1 saturated heterocycles. The average Bonchev–Trinajstić information content (AvgIpc) is 3.07. The molecule has 0 unspecified atom stereocenters. The lowest BCUT2D eigenvalue weighted by molar-refractivity contribution is -0.142. The van der Waals surface area contributed by atoms with Crippen LogP contribution in [0.3, 0.4) is 0 Å². The average molecular weight is 250 g/mol. The number of benzene rings is 1. The molecular weight excluding hydrogens is 232 g/mol. The summed E-state index contributed by atoms with van der Waals surface area (Å²) in [6, 6.07) is 7.59. The maximum atomic E-state index is 11.2. The van der Waals surface area contributed by atoms with E-state index in [1.165, 1.54) is 7.11 Å². The Labute approximate surface area is 107 Å². The lowest BCUT2D eigenvalue weighted by Crippen LogP contribution is -2.22. The number of carbonyl (C=O) groups is 1. The zero-order valence-corrected chi connectivity index (χ0v) is 11.1. The summed E-state index contributed by atoms with van der Waals surface area (Å²) < 4.78 is 15.6. The number of epoxide rings is 1. The zero-order valence-electron chi connectivity index (χ0n) is 11.1. The van der Waals surface area contributed by atoms with Gasteiger partial charge in [0, 0.05) is 0 Å². The molecule has 4 heteroatoms. The Kier molecular flexibility index (Phi) is 3.30. The van der Waals surface area contributed by atoms with Crippen molar-refractivity contribution in [3.63, 3.8) is 0 Å². The van der Waals surface area contributed by atoms with Crippen LogP contribution in [0, 0.1) is 0 Å². The van der Waals surface area contributed by atoms with Gasteiger partial charge in [-0.05, 0) is 38.5 Å². The van der Waals surface area contributed by atoms with Gasteiger partial charge in [-0.3, -0.25) is 0 Å². The Bertz CT molecular complexity index is 430. The second-order valence-corrected chi connectivity index (χ2v) is 5.28. The van der Waals surface area contributed by atoms with Crippen LogP contribution in [-0.4, -0.2) is 24.8 Å². The molecule has 0 aliphatic carbocycles. The van der Waals surface area contributed by atoms with E-state index < -0.39 is 6.10 Å². The van der Waals surface area contributed by atoms with Crippen LogP contribution >= 0.6 is 0 Å². The largest absolute Gasteiger partial charge is 0.488 e. The highest BCUT2D eigenvalue weighted by Crippen LogP contribution is 2.39. The second kappa shape index (κ2) is 4.61. The molecule has 1 aliphatic rings. The van der Waals surface area contributed by atoms with Gasteiger partial charge in [0.05, 0.1) is 7.11 Å². The summed E-state index contributed by atoms with van der Waals surface area (Å²) in [5, 5.41) is 0. The third-order valence-electron chi connectivity index (χ3n) is 2.56. The zero-order chi connectivity index (χ0) is 13.3. The molecule has 0 N–H and O–H groups in total. The molecule has 0 aromatic heterocycles. The first kappa shape index (κ1) is 12.9. The van der Waals surface area contributed by atoms with Gasteiger partial charge >= 0.3 is 5.97 Å². The van der Waals surface area contributed by atoms with Crippen LogP contribution in [0.15, 0.2) is 24.3 Å². The van der Waals surface area contributed by atoms with Gasteiger partial charge in [0.25, 0.3) is 0 Å². The molecule has 0 radical (unpaired) electrons. The molecule has 2 rings (SSSR count). The SMILES string of the molecule is COC(=O)[C@@H]1O[C@H]1c1ccc(OC(C)(C)C)cc1. The molecule has 1 aliphatic heterocycles. The Morgan fingerprint density at radius 3 is 2.33 bits per heavy atom. The molecule has 0 amide bonds. The summed E-state index contributed by atoms with van der Waals surface area (Å²) in [5.41, 5.74) is 0.748. The van der Waals surface area contributed by atoms with E-state index in [9.17, 15) is 4.79 Å². The molecule has 0 saturated carbocycles. The number of esters is 1. The first-order valence-electron chi connectivity index (χ1n) is 5.93. The van der Waals surface area contributed by atoms with Gasteiger partial charge in [0.2, 0.25) is 0 Å². The minimum atomic E-state index is -0.454. The van der Waals surface area contributed by atoms with Crippen molar-refractivity contribution in [2.75, 3.05) is 7.11 Å². The summed E-state index contributed by atoms with van der Waals surface area (Å²) in [5.74, 6) is 0.483. The number of ether oxygens (including phenoxy) is 3. The lowest BCUT2D eigenvalue weighted by atomic mass is 10.1. The van der Waals surface area contributed by atoms with Crippen LogP contribution in [0.25, 0.3) is 0 Å². The van der Waals surface area contributed by atoms with E-state index in [2.05, 4.69) is 4.74 Å². The fourth-order valence-electron chi connectivity index (χ4n) is 1.74. The Morgan fingerprint density at radius 2 is 1.83 bits per heavy atom. The molecule has 1 aromatic carbocycles. The van der Waals surface area contributed by atoms with Crippen LogP contribution in [-0.2, 0) is 14.3 Å². The van der Waals surface area contributed by atoms with E-state index in [0.717, 1.165) is 11.3 Å². The van der Waals surface area contributed by atoms with Crippen molar-refractivity contribution in [3.8, 4) is 5.75 Å².